The summed E-state index contributed by atoms with van der Waals surface area (Å²) in [6, 6.07) is 7.10. The molecule has 1 rings (SSSR count). The van der Waals surface area contributed by atoms with Gasteiger partial charge < -0.3 is 10.5 Å². The van der Waals surface area contributed by atoms with Crippen LogP contribution in [-0.2, 0) is 10.8 Å². The van der Waals surface area contributed by atoms with Gasteiger partial charge in [-0.25, -0.2) is 0 Å². The van der Waals surface area contributed by atoms with Crippen molar-refractivity contribution in [2.45, 2.75) is 17.7 Å². The van der Waals surface area contributed by atoms with Crippen molar-refractivity contribution < 1.29 is 8.95 Å². The van der Waals surface area contributed by atoms with Crippen molar-refractivity contribution >= 4 is 16.5 Å². The summed E-state index contributed by atoms with van der Waals surface area (Å²) in [5.74, 6) is 1.09. The highest BCUT2D eigenvalue weighted by atomic mass is 32.2. The molecule has 2 N–H and O–H groups in total. The molecule has 0 aromatic heterocycles. The summed E-state index contributed by atoms with van der Waals surface area (Å²) < 4.78 is 16.9. The normalized spacial score (nSPS) is 11.8. The number of unbranched alkanes of at least 4 members (excludes halogenated alkanes) is 1. The lowest BCUT2D eigenvalue weighted by molar-refractivity contribution is 0.413. The van der Waals surface area contributed by atoms with E-state index in [-0.39, 0.29) is 0 Å². The number of nitriles is 1. The lowest BCUT2D eigenvalue weighted by Crippen LogP contribution is -2.02. The number of anilines is 1. The van der Waals surface area contributed by atoms with Gasteiger partial charge in [0.15, 0.2) is 0 Å². The molecule has 0 saturated heterocycles. The SMILES string of the molecule is COc1ccc(N)c(S(=O)CCCC#N)c1. The molecule has 4 nitrogen and oxygen atoms in total. The number of hydrogen-bond acceptors (Lipinski definition) is 4. The van der Waals surface area contributed by atoms with Crippen molar-refractivity contribution in [3.05, 3.63) is 18.2 Å². The van der Waals surface area contributed by atoms with Crippen molar-refractivity contribution in [3.8, 4) is 11.8 Å². The maximum Gasteiger partial charge on any atom is 0.120 e. The summed E-state index contributed by atoms with van der Waals surface area (Å²) in [7, 11) is 0.385. The van der Waals surface area contributed by atoms with Crippen molar-refractivity contribution in [2.75, 3.05) is 18.6 Å². The molecule has 1 unspecified atom stereocenters. The first kappa shape index (κ1) is 12.5. The minimum atomic E-state index is -1.16. The molecule has 0 spiro atoms. The summed E-state index contributed by atoms with van der Waals surface area (Å²) in [6.07, 6.45) is 1.02. The Bertz CT molecular complexity index is 426. The Hall–Kier alpha value is -1.54. The molecule has 1 aromatic carbocycles. The van der Waals surface area contributed by atoms with E-state index in [4.69, 9.17) is 15.7 Å². The van der Waals surface area contributed by atoms with Crippen LogP contribution in [0.3, 0.4) is 0 Å². The van der Waals surface area contributed by atoms with E-state index in [0.29, 0.717) is 34.9 Å². The van der Waals surface area contributed by atoms with E-state index >= 15 is 0 Å². The standard InChI is InChI=1S/C11H14N2O2S/c1-15-9-4-5-10(13)11(8-9)16(14)7-3-2-6-12/h4-5,8H,2-3,7,13H2,1H3. The minimum absolute atomic E-state index is 0.412. The summed E-state index contributed by atoms with van der Waals surface area (Å²) >= 11 is 0. The number of nitrogens with two attached hydrogens (primary N) is 1. The van der Waals surface area contributed by atoms with Gasteiger partial charge in [-0.15, -0.1) is 0 Å². The van der Waals surface area contributed by atoms with E-state index in [2.05, 4.69) is 0 Å². The first-order valence-electron chi connectivity index (χ1n) is 4.88. The molecule has 1 atom stereocenters. The van der Waals surface area contributed by atoms with Crippen molar-refractivity contribution in [2.24, 2.45) is 0 Å². The van der Waals surface area contributed by atoms with Gasteiger partial charge in [0.1, 0.15) is 5.75 Å². The summed E-state index contributed by atoms with van der Waals surface area (Å²) in [6.45, 7) is 0. The van der Waals surface area contributed by atoms with Crippen LogP contribution in [0, 0.1) is 11.3 Å². The third kappa shape index (κ3) is 3.24. The average molecular weight is 238 g/mol. The van der Waals surface area contributed by atoms with E-state index in [1.165, 1.54) is 0 Å². The highest BCUT2D eigenvalue weighted by Gasteiger charge is 2.09. The Labute approximate surface area is 97.5 Å². The molecule has 5 heteroatoms. The third-order valence-electron chi connectivity index (χ3n) is 2.08. The fourth-order valence-corrected chi connectivity index (χ4v) is 2.44. The van der Waals surface area contributed by atoms with E-state index in [0.717, 1.165) is 0 Å². The second kappa shape index (κ2) is 6.13. The van der Waals surface area contributed by atoms with Gasteiger partial charge in [-0.05, 0) is 24.6 Å². The largest absolute Gasteiger partial charge is 0.497 e. The number of hydrogen-bond donors (Lipinski definition) is 1. The van der Waals surface area contributed by atoms with Gasteiger partial charge in [-0.1, -0.05) is 0 Å². The fraction of sp³-hybridized carbons (Fsp3) is 0.364. The van der Waals surface area contributed by atoms with Crippen LogP contribution in [0.5, 0.6) is 5.75 Å². The topological polar surface area (TPSA) is 76.1 Å². The highest BCUT2D eigenvalue weighted by Crippen LogP contribution is 2.23. The van der Waals surface area contributed by atoms with Crippen LogP contribution in [0.15, 0.2) is 23.1 Å². The highest BCUT2D eigenvalue weighted by molar-refractivity contribution is 7.85. The van der Waals surface area contributed by atoms with E-state index in [9.17, 15) is 4.21 Å². The van der Waals surface area contributed by atoms with Crippen LogP contribution in [0.1, 0.15) is 12.8 Å². The Morgan fingerprint density at radius 1 is 1.56 bits per heavy atom. The Kier molecular flexibility index (Phi) is 4.80. The van der Waals surface area contributed by atoms with Crippen LogP contribution in [0.4, 0.5) is 5.69 Å². The van der Waals surface area contributed by atoms with Crippen LogP contribution >= 0.6 is 0 Å². The van der Waals surface area contributed by atoms with Crippen molar-refractivity contribution in [1.82, 2.24) is 0 Å². The molecule has 16 heavy (non-hydrogen) atoms. The lowest BCUT2D eigenvalue weighted by Gasteiger charge is -2.07. The maximum atomic E-state index is 11.9. The Morgan fingerprint density at radius 3 is 2.94 bits per heavy atom. The average Bonchev–Trinajstić information content (AvgIpc) is 2.30. The molecular weight excluding hydrogens is 224 g/mol. The number of rotatable bonds is 5. The van der Waals surface area contributed by atoms with Crippen LogP contribution < -0.4 is 10.5 Å². The zero-order valence-corrected chi connectivity index (χ0v) is 9.92. The van der Waals surface area contributed by atoms with E-state index in [1.54, 1.807) is 25.3 Å². The second-order valence-corrected chi connectivity index (χ2v) is 4.75. The van der Waals surface area contributed by atoms with Gasteiger partial charge in [-0.2, -0.15) is 5.26 Å². The molecular formula is C11H14N2O2S. The van der Waals surface area contributed by atoms with Gasteiger partial charge in [0.05, 0.1) is 28.9 Å². The number of nitrogens with zero attached hydrogens (tertiary/aromatic N) is 1. The molecule has 0 aliphatic heterocycles. The monoisotopic (exact) mass is 238 g/mol. The molecule has 86 valence electrons. The molecule has 0 radical (unpaired) electrons. The van der Waals surface area contributed by atoms with Gasteiger partial charge in [0, 0.05) is 17.9 Å². The van der Waals surface area contributed by atoms with Crippen LogP contribution in [0.2, 0.25) is 0 Å². The predicted molar refractivity (Wildman–Crippen MR) is 63.5 cm³/mol. The first-order chi connectivity index (χ1) is 7.69. The predicted octanol–water partition coefficient (Wildman–Crippen LogP) is 1.69. The molecule has 0 saturated carbocycles. The van der Waals surface area contributed by atoms with Crippen molar-refractivity contribution in [1.29, 1.82) is 5.26 Å². The maximum absolute atomic E-state index is 11.9. The van der Waals surface area contributed by atoms with Gasteiger partial charge in [0.25, 0.3) is 0 Å². The molecule has 1 aromatic rings. The van der Waals surface area contributed by atoms with E-state index in [1.807, 2.05) is 6.07 Å². The van der Waals surface area contributed by atoms with Crippen LogP contribution in [0.25, 0.3) is 0 Å². The molecule has 0 aliphatic rings. The lowest BCUT2D eigenvalue weighted by atomic mass is 10.3. The number of nitrogen functional groups attached to an aromatic ring is 1. The minimum Gasteiger partial charge on any atom is -0.497 e. The molecule has 0 amide bonds. The zero-order valence-electron chi connectivity index (χ0n) is 9.10. The van der Waals surface area contributed by atoms with Crippen molar-refractivity contribution in [3.63, 3.8) is 0 Å². The van der Waals surface area contributed by atoms with E-state index < -0.39 is 10.8 Å². The number of ether oxygens (including phenoxy) is 1. The second-order valence-electron chi connectivity index (χ2n) is 3.22. The Balaban J connectivity index is 2.78. The Morgan fingerprint density at radius 2 is 2.31 bits per heavy atom. The summed E-state index contributed by atoms with van der Waals surface area (Å²) in [5.41, 5.74) is 6.23. The molecule has 0 heterocycles. The summed E-state index contributed by atoms with van der Waals surface area (Å²) in [5, 5.41) is 8.39. The fourth-order valence-electron chi connectivity index (χ4n) is 1.23. The van der Waals surface area contributed by atoms with Gasteiger partial charge in [-0.3, -0.25) is 4.21 Å². The van der Waals surface area contributed by atoms with Gasteiger partial charge in [0.2, 0.25) is 0 Å². The van der Waals surface area contributed by atoms with Gasteiger partial charge >= 0.3 is 0 Å². The first-order valence-corrected chi connectivity index (χ1v) is 6.19. The quantitative estimate of drug-likeness (QED) is 0.625. The molecule has 0 bridgehead atoms. The molecule has 0 aliphatic carbocycles. The molecule has 0 fully saturated rings. The summed E-state index contributed by atoms with van der Waals surface area (Å²) in [4.78, 5) is 0.581. The number of benzene rings is 1. The smallest absolute Gasteiger partial charge is 0.120 e. The number of methoxy groups -OCH3 is 1. The zero-order chi connectivity index (χ0) is 12.0. The van der Waals surface area contributed by atoms with Crippen LogP contribution in [-0.4, -0.2) is 17.1 Å². The third-order valence-corrected chi connectivity index (χ3v) is 3.59.